The minimum atomic E-state index is -0.217. The van der Waals surface area contributed by atoms with Crippen LogP contribution in [-0.2, 0) is 6.42 Å². The molecule has 0 aliphatic carbocycles. The second-order valence-corrected chi connectivity index (χ2v) is 9.73. The lowest BCUT2D eigenvalue weighted by molar-refractivity contribution is 0.623. The van der Waals surface area contributed by atoms with Crippen molar-refractivity contribution in [3.63, 3.8) is 0 Å². The van der Waals surface area contributed by atoms with Gasteiger partial charge in [0.25, 0.3) is 0 Å². The Morgan fingerprint density at radius 1 is 0.865 bits per heavy atom. The van der Waals surface area contributed by atoms with Crippen LogP contribution in [0.2, 0.25) is 0 Å². The van der Waals surface area contributed by atoms with Crippen LogP contribution in [0.1, 0.15) is 27.8 Å². The summed E-state index contributed by atoms with van der Waals surface area (Å²) in [6.45, 7) is 7.47. The number of piperazine rings is 1. The maximum Gasteiger partial charge on any atom is 0.157 e. The van der Waals surface area contributed by atoms with Crippen molar-refractivity contribution in [1.82, 2.24) is 9.38 Å². The molecule has 1 fully saturated rings. The number of rotatable bonds is 4. The molecule has 0 radical (unpaired) electrons. The first-order chi connectivity index (χ1) is 18.0. The average Bonchev–Trinajstić information content (AvgIpc) is 3.30. The Kier molecular flexibility index (Phi) is 5.77. The lowest BCUT2D eigenvalue weighted by atomic mass is 9.95. The van der Waals surface area contributed by atoms with E-state index < -0.39 is 0 Å². The zero-order chi connectivity index (χ0) is 25.5. The number of anilines is 2. The van der Waals surface area contributed by atoms with Crippen LogP contribution in [0.15, 0.2) is 72.8 Å². The molecule has 6 rings (SSSR count). The summed E-state index contributed by atoms with van der Waals surface area (Å²) in [4.78, 5) is 9.64. The summed E-state index contributed by atoms with van der Waals surface area (Å²) in [5, 5.41) is 10.2. The largest absolute Gasteiger partial charge is 0.368 e. The number of halogens is 1. The van der Waals surface area contributed by atoms with E-state index in [2.05, 4.69) is 64.4 Å². The Labute approximate surface area is 216 Å². The molecule has 6 heteroatoms. The van der Waals surface area contributed by atoms with Crippen molar-refractivity contribution in [1.29, 1.82) is 5.26 Å². The molecule has 1 saturated heterocycles. The number of hydrogen-bond acceptors (Lipinski definition) is 4. The molecule has 0 spiro atoms. The number of aromatic nitrogens is 2. The molecule has 0 bridgehead atoms. The summed E-state index contributed by atoms with van der Waals surface area (Å²) in [5.41, 5.74) is 8.93. The Hall–Kier alpha value is -4.37. The molecule has 0 unspecified atom stereocenters. The van der Waals surface area contributed by atoms with Gasteiger partial charge in [0.05, 0.1) is 16.6 Å². The maximum absolute atomic E-state index is 13.5. The minimum absolute atomic E-state index is 0.217. The molecule has 5 nitrogen and oxygen atoms in total. The molecule has 37 heavy (non-hydrogen) atoms. The molecule has 3 heterocycles. The Balaban J connectivity index is 1.51. The van der Waals surface area contributed by atoms with E-state index in [1.54, 1.807) is 0 Å². The predicted octanol–water partition coefficient (Wildman–Crippen LogP) is 6.03. The van der Waals surface area contributed by atoms with Crippen LogP contribution < -0.4 is 9.80 Å². The smallest absolute Gasteiger partial charge is 0.157 e. The van der Waals surface area contributed by atoms with Gasteiger partial charge in [0.2, 0.25) is 0 Å². The van der Waals surface area contributed by atoms with Crippen LogP contribution in [0, 0.1) is 31.0 Å². The topological polar surface area (TPSA) is 47.6 Å². The highest BCUT2D eigenvalue weighted by Gasteiger charge is 2.27. The lowest BCUT2D eigenvalue weighted by Crippen LogP contribution is -2.47. The van der Waals surface area contributed by atoms with E-state index in [0.29, 0.717) is 11.2 Å². The van der Waals surface area contributed by atoms with Crippen LogP contribution >= 0.6 is 0 Å². The Morgan fingerprint density at radius 3 is 2.27 bits per heavy atom. The molecule has 0 atom stereocenters. The molecule has 3 aromatic carbocycles. The molecule has 1 aliphatic heterocycles. The van der Waals surface area contributed by atoms with Crippen LogP contribution in [-0.4, -0.2) is 35.6 Å². The van der Waals surface area contributed by atoms with Gasteiger partial charge in [0.15, 0.2) is 5.65 Å². The molecule has 1 aliphatic rings. The first-order valence-corrected chi connectivity index (χ1v) is 12.7. The van der Waals surface area contributed by atoms with Gasteiger partial charge in [0.1, 0.15) is 17.7 Å². The van der Waals surface area contributed by atoms with E-state index >= 15 is 0 Å². The van der Waals surface area contributed by atoms with Crippen LogP contribution in [0.3, 0.4) is 0 Å². The molecule has 5 aromatic rings. The third kappa shape index (κ3) is 3.97. The van der Waals surface area contributed by atoms with Gasteiger partial charge in [-0.05, 0) is 66.9 Å². The van der Waals surface area contributed by atoms with E-state index in [1.807, 2.05) is 30.3 Å². The van der Waals surface area contributed by atoms with Crippen molar-refractivity contribution < 1.29 is 4.39 Å². The number of nitrogens with zero attached hydrogens (tertiary/aromatic N) is 5. The second-order valence-electron chi connectivity index (χ2n) is 9.73. The van der Waals surface area contributed by atoms with Crippen LogP contribution in [0.25, 0.3) is 16.7 Å². The summed E-state index contributed by atoms with van der Waals surface area (Å²) in [5.74, 6) is 0.896. The fourth-order valence-corrected chi connectivity index (χ4v) is 5.53. The number of hydrogen-bond donors (Lipinski definition) is 0. The van der Waals surface area contributed by atoms with Gasteiger partial charge in [-0.2, -0.15) is 5.26 Å². The lowest BCUT2D eigenvalue weighted by Gasteiger charge is -2.39. The van der Waals surface area contributed by atoms with Crippen molar-refractivity contribution in [2.75, 3.05) is 36.0 Å². The highest BCUT2D eigenvalue weighted by atomic mass is 19.1. The molecule has 0 amide bonds. The van der Waals surface area contributed by atoms with Gasteiger partial charge in [-0.25, -0.2) is 9.37 Å². The zero-order valence-electron chi connectivity index (χ0n) is 21.1. The van der Waals surface area contributed by atoms with Crippen molar-refractivity contribution >= 4 is 28.2 Å². The highest BCUT2D eigenvalue weighted by Crippen LogP contribution is 2.35. The van der Waals surface area contributed by atoms with E-state index in [0.717, 1.165) is 66.3 Å². The average molecular weight is 490 g/mol. The number of para-hydroxylation sites is 2. The molecule has 0 saturated carbocycles. The van der Waals surface area contributed by atoms with Gasteiger partial charge >= 0.3 is 0 Å². The second kappa shape index (κ2) is 9.25. The normalized spacial score (nSPS) is 13.9. The van der Waals surface area contributed by atoms with Gasteiger partial charge < -0.3 is 9.80 Å². The molecule has 184 valence electrons. The molecular weight excluding hydrogens is 461 g/mol. The standard InChI is InChI=1S/C31H28FN5/c1-21-7-3-4-8-23(21)19-26-22(2)27(20-33)30-34-28-9-5-6-10-29(28)37(30)31(26)36-17-15-35(16-18-36)25-13-11-24(32)12-14-25/h3-14H,15-19H2,1-2H3. The summed E-state index contributed by atoms with van der Waals surface area (Å²) < 4.78 is 15.7. The Morgan fingerprint density at radius 2 is 1.54 bits per heavy atom. The summed E-state index contributed by atoms with van der Waals surface area (Å²) >= 11 is 0. The third-order valence-electron chi connectivity index (χ3n) is 7.61. The van der Waals surface area contributed by atoms with E-state index in [-0.39, 0.29) is 5.82 Å². The Bertz CT molecular complexity index is 1650. The monoisotopic (exact) mass is 489 g/mol. The summed E-state index contributed by atoms with van der Waals surface area (Å²) in [7, 11) is 0. The van der Waals surface area contributed by atoms with E-state index in [9.17, 15) is 9.65 Å². The molecular formula is C31H28FN5. The summed E-state index contributed by atoms with van der Waals surface area (Å²) in [6, 6.07) is 25.8. The van der Waals surface area contributed by atoms with E-state index in [4.69, 9.17) is 4.98 Å². The molecule has 0 N–H and O–H groups in total. The SMILES string of the molecule is Cc1ccccc1Cc1c(C)c(C#N)c2nc3ccccc3n2c1N1CCN(c2ccc(F)cc2)CC1. The van der Waals surface area contributed by atoms with Crippen LogP contribution in [0.4, 0.5) is 15.9 Å². The fraction of sp³-hybridized carbons (Fsp3) is 0.226. The number of imidazole rings is 1. The predicted molar refractivity (Wildman–Crippen MR) is 147 cm³/mol. The number of nitriles is 1. The van der Waals surface area contributed by atoms with Crippen molar-refractivity contribution in [3.05, 3.63) is 106 Å². The third-order valence-corrected chi connectivity index (χ3v) is 7.61. The van der Waals surface area contributed by atoms with Gasteiger partial charge in [-0.15, -0.1) is 0 Å². The van der Waals surface area contributed by atoms with E-state index in [1.165, 1.54) is 23.3 Å². The first kappa shape index (κ1) is 23.1. The first-order valence-electron chi connectivity index (χ1n) is 12.7. The quantitative estimate of drug-likeness (QED) is 0.309. The van der Waals surface area contributed by atoms with Gasteiger partial charge in [-0.1, -0.05) is 36.4 Å². The zero-order valence-corrected chi connectivity index (χ0v) is 21.1. The molecule has 2 aromatic heterocycles. The van der Waals surface area contributed by atoms with Gasteiger partial charge in [0, 0.05) is 43.9 Å². The number of benzene rings is 3. The van der Waals surface area contributed by atoms with Gasteiger partial charge in [-0.3, -0.25) is 4.40 Å². The maximum atomic E-state index is 13.5. The summed E-state index contributed by atoms with van der Waals surface area (Å²) in [6.07, 6.45) is 0.739. The van der Waals surface area contributed by atoms with Crippen molar-refractivity contribution in [2.45, 2.75) is 20.3 Å². The highest BCUT2D eigenvalue weighted by molar-refractivity contribution is 5.86. The number of fused-ring (bicyclic) bond motifs is 3. The minimum Gasteiger partial charge on any atom is -0.368 e. The number of aryl methyl sites for hydroxylation is 1. The van der Waals surface area contributed by atoms with Crippen molar-refractivity contribution in [3.8, 4) is 6.07 Å². The van der Waals surface area contributed by atoms with Crippen LogP contribution in [0.5, 0.6) is 0 Å². The van der Waals surface area contributed by atoms with Crippen molar-refractivity contribution in [2.24, 2.45) is 0 Å². The fourth-order valence-electron chi connectivity index (χ4n) is 5.53. The number of pyridine rings is 1.